The predicted octanol–water partition coefficient (Wildman–Crippen LogP) is 4.21. The first-order valence-corrected chi connectivity index (χ1v) is 9.93. The number of carbonyl (C=O) groups excluding carboxylic acids is 2. The second kappa shape index (κ2) is 11.4. The highest BCUT2D eigenvalue weighted by molar-refractivity contribution is 5.92. The van der Waals surface area contributed by atoms with E-state index in [0.717, 1.165) is 43.4 Å². The fourth-order valence-corrected chi connectivity index (χ4v) is 3.40. The molecule has 0 heterocycles. The number of hydrogen-bond donors (Lipinski definition) is 0. The van der Waals surface area contributed by atoms with E-state index in [0.29, 0.717) is 13.2 Å². The summed E-state index contributed by atoms with van der Waals surface area (Å²) in [5.74, 6) is 0.434. The van der Waals surface area contributed by atoms with E-state index in [2.05, 4.69) is 6.92 Å². The van der Waals surface area contributed by atoms with E-state index in [4.69, 9.17) is 9.47 Å². The van der Waals surface area contributed by atoms with Gasteiger partial charge in [0.05, 0.1) is 20.1 Å². The Kier molecular flexibility index (Phi) is 8.89. The minimum absolute atomic E-state index is 0.0592. The topological polar surface area (TPSA) is 55.8 Å². The van der Waals surface area contributed by atoms with Crippen molar-refractivity contribution in [3.8, 4) is 5.75 Å². The third-order valence-corrected chi connectivity index (χ3v) is 4.87. The van der Waals surface area contributed by atoms with Crippen molar-refractivity contribution in [3.05, 3.63) is 35.9 Å². The molecule has 0 aliphatic heterocycles. The van der Waals surface area contributed by atoms with Gasteiger partial charge >= 0.3 is 5.97 Å². The number of benzene rings is 1. The van der Waals surface area contributed by atoms with Crippen LogP contribution >= 0.6 is 0 Å². The first kappa shape index (κ1) is 21.0. The summed E-state index contributed by atoms with van der Waals surface area (Å²) in [7, 11) is 1.38. The van der Waals surface area contributed by atoms with Crippen LogP contribution in [0.2, 0.25) is 0 Å². The van der Waals surface area contributed by atoms with Gasteiger partial charge in [0.1, 0.15) is 5.75 Å². The number of esters is 1. The molecule has 0 radical (unpaired) electrons. The molecule has 5 nitrogen and oxygen atoms in total. The van der Waals surface area contributed by atoms with Crippen LogP contribution in [0.3, 0.4) is 0 Å². The molecule has 0 unspecified atom stereocenters. The maximum absolute atomic E-state index is 12.9. The quantitative estimate of drug-likeness (QED) is 0.480. The molecular weight excluding hydrogens is 342 g/mol. The number of amides is 1. The molecule has 1 fully saturated rings. The van der Waals surface area contributed by atoms with Gasteiger partial charge in [-0.2, -0.15) is 0 Å². The van der Waals surface area contributed by atoms with Crippen molar-refractivity contribution in [1.82, 2.24) is 4.90 Å². The van der Waals surface area contributed by atoms with Gasteiger partial charge in [-0.15, -0.1) is 0 Å². The number of rotatable bonds is 9. The minimum Gasteiger partial charge on any atom is -0.493 e. The second-order valence-electron chi connectivity index (χ2n) is 6.87. The highest BCUT2D eigenvalue weighted by Gasteiger charge is 2.24. The fraction of sp³-hybridized carbons (Fsp3) is 0.545. The number of ether oxygens (including phenoxy) is 2. The van der Waals surface area contributed by atoms with E-state index in [-0.39, 0.29) is 24.3 Å². The largest absolute Gasteiger partial charge is 0.493 e. The van der Waals surface area contributed by atoms with Gasteiger partial charge in [0.2, 0.25) is 5.91 Å². The van der Waals surface area contributed by atoms with Crippen LogP contribution < -0.4 is 4.74 Å². The lowest BCUT2D eigenvalue weighted by atomic mass is 9.94. The van der Waals surface area contributed by atoms with Crippen molar-refractivity contribution in [1.29, 1.82) is 0 Å². The smallest absolute Gasteiger partial charge is 0.307 e. The van der Waals surface area contributed by atoms with Gasteiger partial charge in [-0.1, -0.05) is 44.4 Å². The molecular formula is C22H31NO4. The molecule has 1 saturated carbocycles. The summed E-state index contributed by atoms with van der Waals surface area (Å²) < 4.78 is 10.5. The fourth-order valence-electron chi connectivity index (χ4n) is 3.40. The first-order chi connectivity index (χ1) is 13.2. The van der Waals surface area contributed by atoms with E-state index < -0.39 is 0 Å². The summed E-state index contributed by atoms with van der Waals surface area (Å²) in [5.41, 5.74) is 0.885. The van der Waals surface area contributed by atoms with Gasteiger partial charge in [0.15, 0.2) is 0 Å². The van der Waals surface area contributed by atoms with Gasteiger partial charge in [-0.3, -0.25) is 9.59 Å². The zero-order valence-corrected chi connectivity index (χ0v) is 16.5. The minimum atomic E-state index is -0.286. The SMILES string of the molecule is CCCOc1ccccc1/C=C/C(=O)N(CCC(=O)OC)C1CCCCC1. The molecule has 1 aromatic rings. The maximum Gasteiger partial charge on any atom is 0.307 e. The van der Waals surface area contributed by atoms with Gasteiger partial charge in [-0.25, -0.2) is 0 Å². The Balaban J connectivity index is 2.09. The van der Waals surface area contributed by atoms with Crippen LogP contribution in [0.15, 0.2) is 30.3 Å². The van der Waals surface area contributed by atoms with Crippen molar-refractivity contribution < 1.29 is 19.1 Å². The van der Waals surface area contributed by atoms with Crippen molar-refractivity contribution in [2.75, 3.05) is 20.3 Å². The molecule has 27 heavy (non-hydrogen) atoms. The van der Waals surface area contributed by atoms with Crippen LogP contribution in [0.1, 0.15) is 57.4 Å². The van der Waals surface area contributed by atoms with E-state index in [1.165, 1.54) is 13.5 Å². The highest BCUT2D eigenvalue weighted by Crippen LogP contribution is 2.24. The van der Waals surface area contributed by atoms with Gasteiger partial charge < -0.3 is 14.4 Å². The average molecular weight is 373 g/mol. The number of methoxy groups -OCH3 is 1. The lowest BCUT2D eigenvalue weighted by molar-refractivity contribution is -0.141. The molecule has 5 heteroatoms. The zero-order valence-electron chi connectivity index (χ0n) is 16.5. The summed E-state index contributed by atoms with van der Waals surface area (Å²) in [6.07, 6.45) is 10.0. The summed E-state index contributed by atoms with van der Waals surface area (Å²) in [4.78, 5) is 26.3. The third-order valence-electron chi connectivity index (χ3n) is 4.87. The van der Waals surface area contributed by atoms with Gasteiger partial charge in [0, 0.05) is 24.2 Å². The molecule has 0 N–H and O–H groups in total. The molecule has 1 aliphatic rings. The predicted molar refractivity (Wildman–Crippen MR) is 106 cm³/mol. The maximum atomic E-state index is 12.9. The van der Waals surface area contributed by atoms with Crippen molar-refractivity contribution in [2.24, 2.45) is 0 Å². The molecule has 1 aliphatic carbocycles. The summed E-state index contributed by atoms with van der Waals surface area (Å²) in [5, 5.41) is 0. The molecule has 0 atom stereocenters. The van der Waals surface area contributed by atoms with Gasteiger partial charge in [-0.05, 0) is 31.4 Å². The first-order valence-electron chi connectivity index (χ1n) is 9.93. The Morgan fingerprint density at radius 2 is 1.93 bits per heavy atom. The Bertz CT molecular complexity index is 635. The van der Waals surface area contributed by atoms with Crippen LogP contribution in [0.5, 0.6) is 5.75 Å². The summed E-state index contributed by atoms with van der Waals surface area (Å²) >= 11 is 0. The highest BCUT2D eigenvalue weighted by atomic mass is 16.5. The van der Waals surface area contributed by atoms with Crippen molar-refractivity contribution in [3.63, 3.8) is 0 Å². The van der Waals surface area contributed by atoms with Crippen molar-refractivity contribution >= 4 is 18.0 Å². The number of nitrogens with zero attached hydrogens (tertiary/aromatic N) is 1. The van der Waals surface area contributed by atoms with E-state index in [1.807, 2.05) is 29.2 Å². The van der Waals surface area contributed by atoms with Gasteiger partial charge in [0.25, 0.3) is 0 Å². The molecule has 0 saturated heterocycles. The Labute approximate surface area is 162 Å². The van der Waals surface area contributed by atoms with Crippen LogP contribution in [-0.2, 0) is 14.3 Å². The lowest BCUT2D eigenvalue weighted by Crippen LogP contribution is -2.41. The second-order valence-corrected chi connectivity index (χ2v) is 6.87. The lowest BCUT2D eigenvalue weighted by Gasteiger charge is -2.33. The monoisotopic (exact) mass is 373 g/mol. The Morgan fingerprint density at radius 1 is 1.19 bits per heavy atom. The van der Waals surface area contributed by atoms with E-state index in [9.17, 15) is 9.59 Å². The molecule has 0 aromatic heterocycles. The normalized spacial score (nSPS) is 14.9. The van der Waals surface area contributed by atoms with Crippen LogP contribution in [0, 0.1) is 0 Å². The number of hydrogen-bond acceptors (Lipinski definition) is 4. The van der Waals surface area contributed by atoms with Crippen LogP contribution in [-0.4, -0.2) is 43.1 Å². The van der Waals surface area contributed by atoms with E-state index >= 15 is 0 Å². The molecule has 0 bridgehead atoms. The number of carbonyl (C=O) groups is 2. The zero-order chi connectivity index (χ0) is 19.5. The van der Waals surface area contributed by atoms with Crippen molar-refractivity contribution in [2.45, 2.75) is 57.9 Å². The molecule has 2 rings (SSSR count). The standard InChI is InChI=1S/C22H31NO4/c1-3-17-27-20-12-8-7-9-18(20)13-14-21(24)23(16-15-22(25)26-2)19-10-5-4-6-11-19/h7-9,12-14,19H,3-6,10-11,15-17H2,1-2H3/b14-13+. The third kappa shape index (κ3) is 6.74. The number of para-hydroxylation sites is 1. The Morgan fingerprint density at radius 3 is 2.63 bits per heavy atom. The van der Waals surface area contributed by atoms with Crippen LogP contribution in [0.25, 0.3) is 6.08 Å². The van der Waals surface area contributed by atoms with E-state index in [1.54, 1.807) is 12.2 Å². The summed E-state index contributed by atoms with van der Waals surface area (Å²) in [6.45, 7) is 3.10. The molecule has 0 spiro atoms. The average Bonchev–Trinajstić information content (AvgIpc) is 2.72. The molecule has 148 valence electrons. The summed E-state index contributed by atoms with van der Waals surface area (Å²) in [6, 6.07) is 7.91. The molecule has 1 aromatic carbocycles. The molecule has 1 amide bonds. The Hall–Kier alpha value is -2.30. The van der Waals surface area contributed by atoms with Crippen LogP contribution in [0.4, 0.5) is 0 Å².